The van der Waals surface area contributed by atoms with Crippen molar-refractivity contribution in [2.24, 2.45) is 0 Å². The van der Waals surface area contributed by atoms with E-state index in [2.05, 4.69) is 10.1 Å². The number of alkyl halides is 3. The van der Waals surface area contributed by atoms with Crippen molar-refractivity contribution in [2.75, 3.05) is 0 Å². The van der Waals surface area contributed by atoms with E-state index < -0.39 is 12.2 Å². The Labute approximate surface area is 103 Å². The minimum absolute atomic E-state index is 0.123. The van der Waals surface area contributed by atoms with Crippen LogP contribution in [0.5, 0.6) is 5.75 Å². The van der Waals surface area contributed by atoms with Crippen LogP contribution in [0.2, 0.25) is 0 Å². The molecule has 2 nitrogen and oxygen atoms in total. The van der Waals surface area contributed by atoms with Crippen LogP contribution in [0.15, 0.2) is 18.2 Å². The highest BCUT2D eigenvalue weighted by Crippen LogP contribution is 2.27. The number of nitrogens with one attached hydrogen (secondary N) is 1. The smallest absolute Gasteiger partial charge is 0.405 e. The van der Waals surface area contributed by atoms with Gasteiger partial charge in [0.15, 0.2) is 0 Å². The fourth-order valence-electron chi connectivity index (χ4n) is 1.34. The first-order chi connectivity index (χ1) is 8.31. The van der Waals surface area contributed by atoms with Gasteiger partial charge in [-0.1, -0.05) is 6.92 Å². The molecule has 0 aliphatic rings. The van der Waals surface area contributed by atoms with Gasteiger partial charge in [-0.2, -0.15) is 0 Å². The molecule has 1 atom stereocenters. The molecule has 0 amide bonds. The second kappa shape index (κ2) is 6.04. The SMILES string of the molecule is CCC(C)NCc1cc(F)ccc1OC(F)(F)F. The molecule has 1 aromatic carbocycles. The molecule has 0 saturated carbocycles. The summed E-state index contributed by atoms with van der Waals surface area (Å²) in [5, 5.41) is 2.99. The Balaban J connectivity index is 2.83. The fraction of sp³-hybridized carbons (Fsp3) is 0.500. The predicted octanol–water partition coefficient (Wildman–Crippen LogP) is 3.61. The molecule has 0 aliphatic heterocycles. The third-order valence-electron chi connectivity index (χ3n) is 2.50. The molecule has 0 heterocycles. The van der Waals surface area contributed by atoms with Gasteiger partial charge in [-0.15, -0.1) is 13.2 Å². The molecule has 6 heteroatoms. The maximum absolute atomic E-state index is 13.0. The Hall–Kier alpha value is -1.30. The number of hydrogen-bond donors (Lipinski definition) is 1. The third-order valence-corrected chi connectivity index (χ3v) is 2.50. The van der Waals surface area contributed by atoms with Crippen molar-refractivity contribution in [2.45, 2.75) is 39.2 Å². The van der Waals surface area contributed by atoms with Crippen LogP contribution in [0.1, 0.15) is 25.8 Å². The first-order valence-corrected chi connectivity index (χ1v) is 5.59. The summed E-state index contributed by atoms with van der Waals surface area (Å²) in [6.07, 6.45) is -3.95. The minimum atomic E-state index is -4.77. The van der Waals surface area contributed by atoms with Crippen LogP contribution in [-0.2, 0) is 6.54 Å². The highest BCUT2D eigenvalue weighted by Gasteiger charge is 2.32. The maximum atomic E-state index is 13.0. The molecule has 1 N–H and O–H groups in total. The second-order valence-corrected chi connectivity index (χ2v) is 3.99. The van der Waals surface area contributed by atoms with Gasteiger partial charge < -0.3 is 10.1 Å². The lowest BCUT2D eigenvalue weighted by atomic mass is 10.1. The van der Waals surface area contributed by atoms with E-state index in [0.717, 1.165) is 24.6 Å². The Morgan fingerprint density at radius 1 is 1.33 bits per heavy atom. The summed E-state index contributed by atoms with van der Waals surface area (Å²) >= 11 is 0. The molecule has 0 aromatic heterocycles. The van der Waals surface area contributed by atoms with Gasteiger partial charge in [0.2, 0.25) is 0 Å². The number of benzene rings is 1. The van der Waals surface area contributed by atoms with Crippen LogP contribution >= 0.6 is 0 Å². The first-order valence-electron chi connectivity index (χ1n) is 5.59. The van der Waals surface area contributed by atoms with Gasteiger partial charge in [0.05, 0.1) is 0 Å². The summed E-state index contributed by atoms with van der Waals surface area (Å²) in [5.41, 5.74) is 0.146. The van der Waals surface area contributed by atoms with Crippen LogP contribution in [0.3, 0.4) is 0 Å². The van der Waals surface area contributed by atoms with Gasteiger partial charge in [0.1, 0.15) is 11.6 Å². The summed E-state index contributed by atoms with van der Waals surface area (Å²) in [5.74, 6) is -0.967. The van der Waals surface area contributed by atoms with E-state index in [0.29, 0.717) is 0 Å². The van der Waals surface area contributed by atoms with Gasteiger partial charge in [-0.25, -0.2) is 4.39 Å². The standard InChI is InChI=1S/C12H15F4NO/c1-3-8(2)17-7-9-6-10(13)4-5-11(9)18-12(14,15)16/h4-6,8,17H,3,7H2,1-2H3. The summed E-state index contributed by atoms with van der Waals surface area (Å²) in [6, 6.07) is 3.09. The largest absolute Gasteiger partial charge is 0.573 e. The normalized spacial score (nSPS) is 13.4. The molecule has 1 rings (SSSR count). The maximum Gasteiger partial charge on any atom is 0.573 e. The fourth-order valence-corrected chi connectivity index (χ4v) is 1.34. The van der Waals surface area contributed by atoms with Crippen molar-refractivity contribution in [1.29, 1.82) is 0 Å². The van der Waals surface area contributed by atoms with Crippen LogP contribution in [0.4, 0.5) is 17.6 Å². The van der Waals surface area contributed by atoms with Crippen molar-refractivity contribution in [3.63, 3.8) is 0 Å². The zero-order valence-corrected chi connectivity index (χ0v) is 10.1. The van der Waals surface area contributed by atoms with E-state index in [1.54, 1.807) is 0 Å². The van der Waals surface area contributed by atoms with Crippen molar-refractivity contribution < 1.29 is 22.3 Å². The lowest BCUT2D eigenvalue weighted by Crippen LogP contribution is -2.25. The summed E-state index contributed by atoms with van der Waals surface area (Å²) in [7, 11) is 0. The predicted molar refractivity (Wildman–Crippen MR) is 59.7 cm³/mol. The summed E-state index contributed by atoms with van der Waals surface area (Å²) in [4.78, 5) is 0. The van der Waals surface area contributed by atoms with Crippen LogP contribution in [0, 0.1) is 5.82 Å². The van der Waals surface area contributed by atoms with Crippen molar-refractivity contribution in [3.05, 3.63) is 29.6 Å². The van der Waals surface area contributed by atoms with Crippen LogP contribution in [0.25, 0.3) is 0 Å². The van der Waals surface area contributed by atoms with E-state index in [9.17, 15) is 17.6 Å². The molecule has 1 aromatic rings. The third kappa shape index (κ3) is 4.91. The van der Waals surface area contributed by atoms with Gasteiger partial charge in [-0.05, 0) is 31.5 Å². The number of halogens is 4. The molecule has 1 unspecified atom stereocenters. The van der Waals surface area contributed by atoms with Gasteiger partial charge >= 0.3 is 6.36 Å². The lowest BCUT2D eigenvalue weighted by molar-refractivity contribution is -0.274. The van der Waals surface area contributed by atoms with Crippen molar-refractivity contribution in [3.8, 4) is 5.75 Å². The molecule has 0 radical (unpaired) electrons. The van der Waals surface area contributed by atoms with Crippen molar-refractivity contribution in [1.82, 2.24) is 5.32 Å². The molecule has 0 aliphatic carbocycles. The Morgan fingerprint density at radius 3 is 2.56 bits per heavy atom. The van der Waals surface area contributed by atoms with Gasteiger partial charge in [0.25, 0.3) is 0 Å². The average Bonchev–Trinajstić information content (AvgIpc) is 2.27. The second-order valence-electron chi connectivity index (χ2n) is 3.99. The average molecular weight is 265 g/mol. The molecular weight excluding hydrogens is 250 g/mol. The van der Waals surface area contributed by atoms with E-state index in [1.165, 1.54) is 0 Å². The molecular formula is C12H15F4NO. The van der Waals surface area contributed by atoms with E-state index in [4.69, 9.17) is 0 Å². The molecule has 0 bridgehead atoms. The highest BCUT2D eigenvalue weighted by molar-refractivity contribution is 5.34. The van der Waals surface area contributed by atoms with E-state index >= 15 is 0 Å². The first kappa shape index (κ1) is 14.8. The zero-order valence-electron chi connectivity index (χ0n) is 10.1. The molecule has 18 heavy (non-hydrogen) atoms. The Morgan fingerprint density at radius 2 is 2.00 bits per heavy atom. The van der Waals surface area contributed by atoms with Crippen LogP contribution in [-0.4, -0.2) is 12.4 Å². The Kier molecular flexibility index (Phi) is 4.95. The quantitative estimate of drug-likeness (QED) is 0.821. The molecule has 0 saturated heterocycles. The van der Waals surface area contributed by atoms with Gasteiger partial charge in [-0.3, -0.25) is 0 Å². The summed E-state index contributed by atoms with van der Waals surface area (Å²) < 4.78 is 53.3. The van der Waals surface area contributed by atoms with E-state index in [-0.39, 0.29) is 23.9 Å². The van der Waals surface area contributed by atoms with Crippen LogP contribution < -0.4 is 10.1 Å². The Bertz CT molecular complexity index is 392. The highest BCUT2D eigenvalue weighted by atomic mass is 19.4. The number of rotatable bonds is 5. The monoisotopic (exact) mass is 265 g/mol. The summed E-state index contributed by atoms with van der Waals surface area (Å²) in [6.45, 7) is 3.96. The zero-order chi connectivity index (χ0) is 13.8. The van der Waals surface area contributed by atoms with Crippen molar-refractivity contribution >= 4 is 0 Å². The number of hydrogen-bond acceptors (Lipinski definition) is 2. The number of ether oxygens (including phenoxy) is 1. The van der Waals surface area contributed by atoms with E-state index in [1.807, 2.05) is 13.8 Å². The molecule has 0 fully saturated rings. The molecule has 0 spiro atoms. The van der Waals surface area contributed by atoms with Gasteiger partial charge in [0, 0.05) is 18.2 Å². The topological polar surface area (TPSA) is 21.3 Å². The lowest BCUT2D eigenvalue weighted by Gasteiger charge is -2.16. The molecule has 102 valence electrons. The minimum Gasteiger partial charge on any atom is -0.405 e.